The summed E-state index contributed by atoms with van der Waals surface area (Å²) in [5, 5.41) is 0. The number of hydrogen-bond acceptors (Lipinski definition) is 4. The minimum absolute atomic E-state index is 0.0316. The van der Waals surface area contributed by atoms with Gasteiger partial charge >= 0.3 is 5.69 Å². The van der Waals surface area contributed by atoms with Crippen molar-refractivity contribution in [3.05, 3.63) is 38.7 Å². The van der Waals surface area contributed by atoms with Crippen LogP contribution in [0.4, 0.5) is 0 Å². The van der Waals surface area contributed by atoms with Crippen LogP contribution in [0, 0.1) is 0 Å². The summed E-state index contributed by atoms with van der Waals surface area (Å²) in [6.07, 6.45) is 3.94. The molecule has 0 spiro atoms. The summed E-state index contributed by atoms with van der Waals surface area (Å²) in [5.74, 6) is -0.534. The number of rotatable bonds is 6. The van der Waals surface area contributed by atoms with Crippen LogP contribution in [0.1, 0.15) is 19.4 Å². The lowest BCUT2D eigenvalue weighted by atomic mass is 10.3. The van der Waals surface area contributed by atoms with E-state index in [1.807, 2.05) is 13.8 Å². The van der Waals surface area contributed by atoms with Crippen LogP contribution in [-0.4, -0.2) is 57.4 Å². The molecule has 1 rings (SSSR count). The van der Waals surface area contributed by atoms with Gasteiger partial charge in [0, 0.05) is 46.5 Å². The summed E-state index contributed by atoms with van der Waals surface area (Å²) in [5.41, 5.74) is -0.703. The smallest absolute Gasteiger partial charge is 0.330 e. The molecule has 0 atom stereocenters. The summed E-state index contributed by atoms with van der Waals surface area (Å²) >= 11 is 0. The van der Waals surface area contributed by atoms with Crippen LogP contribution in [0.15, 0.2) is 21.9 Å². The summed E-state index contributed by atoms with van der Waals surface area (Å²) in [6, 6.07) is 0. The van der Waals surface area contributed by atoms with E-state index in [-0.39, 0.29) is 18.0 Å². The average molecular weight is 336 g/mol. The fourth-order valence-electron chi connectivity index (χ4n) is 2.20. The van der Waals surface area contributed by atoms with Crippen molar-refractivity contribution in [1.82, 2.24) is 18.9 Å². The first-order chi connectivity index (χ1) is 11.2. The Balaban J connectivity index is 2.88. The van der Waals surface area contributed by atoms with Gasteiger partial charge in [-0.1, -0.05) is 0 Å². The zero-order chi connectivity index (χ0) is 18.4. The lowest BCUT2D eigenvalue weighted by Crippen LogP contribution is -2.40. The molecule has 24 heavy (non-hydrogen) atoms. The number of likely N-dealkylation sites (N-methyl/N-ethyl adjacent to an activating group) is 2. The van der Waals surface area contributed by atoms with E-state index in [2.05, 4.69) is 0 Å². The third-order valence-electron chi connectivity index (χ3n) is 3.74. The minimum atomic E-state index is -0.482. The molecular formula is C16H24N4O4. The highest BCUT2D eigenvalue weighted by atomic mass is 16.2. The Labute approximate surface area is 140 Å². The Kier molecular flexibility index (Phi) is 6.69. The lowest BCUT2D eigenvalue weighted by molar-refractivity contribution is -0.136. The largest absolute Gasteiger partial charge is 0.342 e. The van der Waals surface area contributed by atoms with Crippen molar-refractivity contribution >= 4 is 17.9 Å². The Hall–Kier alpha value is -2.64. The number of aromatic nitrogens is 2. The molecule has 0 aliphatic rings. The third kappa shape index (κ3) is 4.43. The number of hydrogen-bond donors (Lipinski definition) is 0. The van der Waals surface area contributed by atoms with Crippen LogP contribution in [0.25, 0.3) is 6.08 Å². The molecule has 2 amide bonds. The highest BCUT2D eigenvalue weighted by Crippen LogP contribution is 1.97. The van der Waals surface area contributed by atoms with Gasteiger partial charge in [-0.25, -0.2) is 4.79 Å². The quantitative estimate of drug-likeness (QED) is 0.651. The normalized spacial score (nSPS) is 10.9. The van der Waals surface area contributed by atoms with Crippen LogP contribution in [0.2, 0.25) is 0 Å². The SMILES string of the molecule is CCN(CC)C(=O)CN(C)C(=O)/C=C/c1cn(C)c(=O)n(C)c1=O. The van der Waals surface area contributed by atoms with Gasteiger partial charge in [0.2, 0.25) is 11.8 Å². The molecule has 8 heteroatoms. The Morgan fingerprint density at radius 3 is 2.29 bits per heavy atom. The molecule has 8 nitrogen and oxygen atoms in total. The molecule has 0 aliphatic carbocycles. The maximum absolute atomic E-state index is 12.1. The molecule has 0 N–H and O–H groups in total. The first-order valence-electron chi connectivity index (χ1n) is 7.70. The minimum Gasteiger partial charge on any atom is -0.342 e. The van der Waals surface area contributed by atoms with Gasteiger partial charge in [0.05, 0.1) is 12.1 Å². The van der Waals surface area contributed by atoms with Crippen LogP contribution < -0.4 is 11.2 Å². The molecule has 0 bridgehead atoms. The monoisotopic (exact) mass is 336 g/mol. The molecular weight excluding hydrogens is 312 g/mol. The van der Waals surface area contributed by atoms with E-state index in [0.29, 0.717) is 13.1 Å². The van der Waals surface area contributed by atoms with Crippen molar-refractivity contribution in [3.63, 3.8) is 0 Å². The van der Waals surface area contributed by atoms with Crippen LogP contribution in [0.3, 0.4) is 0 Å². The Morgan fingerprint density at radius 2 is 1.75 bits per heavy atom. The van der Waals surface area contributed by atoms with Gasteiger partial charge in [0.15, 0.2) is 0 Å². The topological polar surface area (TPSA) is 84.6 Å². The average Bonchev–Trinajstić information content (AvgIpc) is 2.55. The Morgan fingerprint density at radius 1 is 1.17 bits per heavy atom. The molecule has 1 aromatic rings. The Bertz CT molecular complexity index is 756. The van der Waals surface area contributed by atoms with Crippen molar-refractivity contribution in [1.29, 1.82) is 0 Å². The van der Waals surface area contributed by atoms with E-state index in [4.69, 9.17) is 0 Å². The van der Waals surface area contributed by atoms with E-state index < -0.39 is 17.2 Å². The van der Waals surface area contributed by atoms with Gasteiger partial charge in [-0.15, -0.1) is 0 Å². The molecule has 0 radical (unpaired) electrons. The lowest BCUT2D eigenvalue weighted by Gasteiger charge is -2.22. The second-order valence-corrected chi connectivity index (χ2v) is 5.44. The number of nitrogens with zero attached hydrogens (tertiary/aromatic N) is 4. The van der Waals surface area contributed by atoms with E-state index in [1.54, 1.807) is 4.90 Å². The molecule has 0 fully saturated rings. The third-order valence-corrected chi connectivity index (χ3v) is 3.74. The molecule has 1 aromatic heterocycles. The number of carbonyl (C=O) groups excluding carboxylic acids is 2. The van der Waals surface area contributed by atoms with Gasteiger partial charge in [-0.2, -0.15) is 0 Å². The van der Waals surface area contributed by atoms with E-state index in [1.165, 1.54) is 49.0 Å². The highest BCUT2D eigenvalue weighted by molar-refractivity contribution is 5.94. The molecule has 0 saturated carbocycles. The summed E-state index contributed by atoms with van der Waals surface area (Å²) in [4.78, 5) is 50.6. The number of aryl methyl sites for hydroxylation is 1. The van der Waals surface area contributed by atoms with Crippen molar-refractivity contribution in [2.75, 3.05) is 26.7 Å². The first-order valence-corrected chi connectivity index (χ1v) is 7.70. The number of carbonyl (C=O) groups is 2. The number of amides is 2. The van der Waals surface area contributed by atoms with E-state index in [9.17, 15) is 19.2 Å². The fraction of sp³-hybridized carbons (Fsp3) is 0.500. The van der Waals surface area contributed by atoms with Crippen molar-refractivity contribution in [3.8, 4) is 0 Å². The second kappa shape index (κ2) is 8.28. The maximum Gasteiger partial charge on any atom is 0.330 e. The molecule has 1 heterocycles. The zero-order valence-electron chi connectivity index (χ0n) is 14.8. The summed E-state index contributed by atoms with van der Waals surface area (Å²) in [7, 11) is 4.42. The van der Waals surface area contributed by atoms with Gasteiger partial charge in [-0.05, 0) is 19.9 Å². The predicted molar refractivity (Wildman–Crippen MR) is 91.5 cm³/mol. The van der Waals surface area contributed by atoms with Gasteiger partial charge in [0.25, 0.3) is 5.56 Å². The van der Waals surface area contributed by atoms with Gasteiger partial charge < -0.3 is 14.4 Å². The first kappa shape index (κ1) is 19.4. The van der Waals surface area contributed by atoms with Crippen LogP contribution >= 0.6 is 0 Å². The molecule has 0 unspecified atom stereocenters. The standard InChI is InChI=1S/C16H24N4O4/c1-6-20(7-2)14(22)11-17(3)13(21)9-8-12-10-18(4)16(24)19(5)15(12)23/h8-10H,6-7,11H2,1-5H3/b9-8+. The summed E-state index contributed by atoms with van der Waals surface area (Å²) < 4.78 is 2.23. The van der Waals surface area contributed by atoms with Gasteiger partial charge in [-0.3, -0.25) is 19.0 Å². The van der Waals surface area contributed by atoms with E-state index >= 15 is 0 Å². The zero-order valence-corrected chi connectivity index (χ0v) is 14.8. The highest BCUT2D eigenvalue weighted by Gasteiger charge is 2.15. The van der Waals surface area contributed by atoms with Crippen molar-refractivity contribution in [2.45, 2.75) is 13.8 Å². The molecule has 0 saturated heterocycles. The maximum atomic E-state index is 12.1. The molecule has 132 valence electrons. The van der Waals surface area contributed by atoms with Gasteiger partial charge in [0.1, 0.15) is 0 Å². The van der Waals surface area contributed by atoms with Crippen molar-refractivity contribution in [2.24, 2.45) is 14.1 Å². The molecule has 0 aromatic carbocycles. The van der Waals surface area contributed by atoms with Crippen LogP contribution in [-0.2, 0) is 23.7 Å². The van der Waals surface area contributed by atoms with E-state index in [0.717, 1.165) is 4.57 Å². The second-order valence-electron chi connectivity index (χ2n) is 5.44. The molecule has 0 aliphatic heterocycles. The predicted octanol–water partition coefficient (Wildman–Crippen LogP) is -0.576. The van der Waals surface area contributed by atoms with Crippen molar-refractivity contribution < 1.29 is 9.59 Å². The summed E-state index contributed by atoms with van der Waals surface area (Å²) in [6.45, 7) is 4.88. The fourth-order valence-corrected chi connectivity index (χ4v) is 2.20. The van der Waals surface area contributed by atoms with Crippen LogP contribution in [0.5, 0.6) is 0 Å².